The van der Waals surface area contributed by atoms with Crippen molar-refractivity contribution in [2.45, 2.75) is 51.3 Å². The number of benzene rings is 1. The molecule has 1 saturated heterocycles. The number of guanidine groups is 1. The molecule has 3 N–H and O–H groups in total. The molecule has 0 aromatic heterocycles. The molecular weight excluding hydrogens is 459 g/mol. The van der Waals surface area contributed by atoms with Crippen LogP contribution in [0.1, 0.15) is 45.1 Å². The molecule has 1 atom stereocenters. The second-order valence-corrected chi connectivity index (χ2v) is 7.62. The number of thioether (sulfide) groups is 1. The van der Waals surface area contributed by atoms with Gasteiger partial charge in [-0.2, -0.15) is 11.8 Å². The lowest BCUT2D eigenvalue weighted by Crippen LogP contribution is -2.40. The van der Waals surface area contributed by atoms with Gasteiger partial charge < -0.3 is 16.0 Å². The number of hydrogen-bond acceptors (Lipinski definition) is 3. The van der Waals surface area contributed by atoms with Gasteiger partial charge in [0.2, 0.25) is 5.91 Å². The maximum atomic E-state index is 11.7. The van der Waals surface area contributed by atoms with Crippen LogP contribution >= 0.6 is 35.7 Å². The molecular formula is C19H31IN4OS. The highest BCUT2D eigenvalue weighted by atomic mass is 127. The number of hydrogen-bond donors (Lipinski definition) is 3. The molecule has 1 amide bonds. The van der Waals surface area contributed by atoms with E-state index in [2.05, 4.69) is 27.9 Å². The Morgan fingerprint density at radius 1 is 1.31 bits per heavy atom. The molecule has 1 unspecified atom stereocenters. The van der Waals surface area contributed by atoms with Crippen LogP contribution in [0.3, 0.4) is 0 Å². The predicted octanol–water partition coefficient (Wildman–Crippen LogP) is 3.99. The van der Waals surface area contributed by atoms with Crippen LogP contribution in [0.2, 0.25) is 0 Å². The Bertz CT molecular complexity index is 576. The molecule has 1 fully saturated rings. The van der Waals surface area contributed by atoms with Gasteiger partial charge in [0.25, 0.3) is 0 Å². The number of rotatable bonds is 8. The number of carbonyl (C=O) groups excluding carboxylic acids is 1. The maximum Gasteiger partial charge on any atom is 0.224 e. The van der Waals surface area contributed by atoms with E-state index in [1.807, 2.05) is 43.0 Å². The van der Waals surface area contributed by atoms with E-state index in [4.69, 9.17) is 0 Å². The van der Waals surface area contributed by atoms with Crippen LogP contribution < -0.4 is 16.0 Å². The minimum Gasteiger partial charge on any atom is -0.357 e. The predicted molar refractivity (Wildman–Crippen MR) is 124 cm³/mol. The summed E-state index contributed by atoms with van der Waals surface area (Å²) in [7, 11) is 0. The Hall–Kier alpha value is -0.960. The van der Waals surface area contributed by atoms with Gasteiger partial charge in [0, 0.05) is 30.4 Å². The lowest BCUT2D eigenvalue weighted by Gasteiger charge is -2.14. The van der Waals surface area contributed by atoms with Crippen LogP contribution in [0.25, 0.3) is 0 Å². The second kappa shape index (κ2) is 13.2. The summed E-state index contributed by atoms with van der Waals surface area (Å²) in [6.45, 7) is 6.47. The molecule has 0 spiro atoms. The molecule has 146 valence electrons. The SMILES string of the molecule is CCCC(=O)Nc1cccc(CN=C(NCC)NCC2CCCS2)c1.I. The smallest absolute Gasteiger partial charge is 0.224 e. The molecule has 1 aromatic carbocycles. The zero-order chi connectivity index (χ0) is 17.9. The van der Waals surface area contributed by atoms with Crippen molar-refractivity contribution < 1.29 is 4.79 Å². The van der Waals surface area contributed by atoms with Crippen molar-refractivity contribution in [1.82, 2.24) is 10.6 Å². The van der Waals surface area contributed by atoms with Gasteiger partial charge >= 0.3 is 0 Å². The summed E-state index contributed by atoms with van der Waals surface area (Å²) in [5.74, 6) is 2.19. The average Bonchev–Trinajstić information content (AvgIpc) is 3.11. The van der Waals surface area contributed by atoms with Crippen molar-refractivity contribution in [2.75, 3.05) is 24.2 Å². The third-order valence-corrected chi connectivity index (χ3v) is 5.37. The Morgan fingerprint density at radius 2 is 2.15 bits per heavy atom. The summed E-state index contributed by atoms with van der Waals surface area (Å²) >= 11 is 2.04. The van der Waals surface area contributed by atoms with E-state index >= 15 is 0 Å². The van der Waals surface area contributed by atoms with E-state index in [1.165, 1.54) is 18.6 Å². The first-order valence-electron chi connectivity index (χ1n) is 9.23. The summed E-state index contributed by atoms with van der Waals surface area (Å²) in [4.78, 5) is 16.4. The molecule has 1 aliphatic heterocycles. The monoisotopic (exact) mass is 490 g/mol. The van der Waals surface area contributed by atoms with Gasteiger partial charge in [0.05, 0.1) is 6.54 Å². The van der Waals surface area contributed by atoms with E-state index < -0.39 is 0 Å². The summed E-state index contributed by atoms with van der Waals surface area (Å²) in [5, 5.41) is 10.4. The fraction of sp³-hybridized carbons (Fsp3) is 0.579. The van der Waals surface area contributed by atoms with E-state index in [1.54, 1.807) is 0 Å². The first kappa shape index (κ1) is 23.1. The lowest BCUT2D eigenvalue weighted by atomic mass is 10.2. The van der Waals surface area contributed by atoms with E-state index in [-0.39, 0.29) is 29.9 Å². The Balaban J connectivity index is 0.00000338. The molecule has 2 rings (SSSR count). The third-order valence-electron chi connectivity index (χ3n) is 3.97. The first-order chi connectivity index (χ1) is 12.2. The third kappa shape index (κ3) is 8.62. The van der Waals surface area contributed by atoms with Crippen molar-refractivity contribution in [3.63, 3.8) is 0 Å². The summed E-state index contributed by atoms with van der Waals surface area (Å²) in [6.07, 6.45) is 4.01. The van der Waals surface area contributed by atoms with E-state index in [9.17, 15) is 4.79 Å². The second-order valence-electron chi connectivity index (χ2n) is 6.21. The normalized spacial score (nSPS) is 16.7. The van der Waals surface area contributed by atoms with Crippen molar-refractivity contribution >= 4 is 53.3 Å². The summed E-state index contributed by atoms with van der Waals surface area (Å²) < 4.78 is 0. The first-order valence-corrected chi connectivity index (χ1v) is 10.3. The van der Waals surface area contributed by atoms with E-state index in [0.29, 0.717) is 18.2 Å². The van der Waals surface area contributed by atoms with Gasteiger partial charge in [-0.25, -0.2) is 4.99 Å². The topological polar surface area (TPSA) is 65.5 Å². The number of nitrogens with one attached hydrogen (secondary N) is 3. The number of aliphatic imine (C=N–C) groups is 1. The highest BCUT2D eigenvalue weighted by molar-refractivity contribution is 14.0. The zero-order valence-electron chi connectivity index (χ0n) is 15.7. The van der Waals surface area contributed by atoms with Gasteiger partial charge in [0.1, 0.15) is 0 Å². The molecule has 5 nitrogen and oxygen atoms in total. The zero-order valence-corrected chi connectivity index (χ0v) is 18.9. The van der Waals surface area contributed by atoms with Gasteiger partial charge in [-0.15, -0.1) is 24.0 Å². The van der Waals surface area contributed by atoms with Gasteiger partial charge in [0.15, 0.2) is 5.96 Å². The number of halogens is 1. The Labute approximate surface area is 178 Å². The van der Waals surface area contributed by atoms with Crippen molar-refractivity contribution in [3.8, 4) is 0 Å². The highest BCUT2D eigenvalue weighted by Crippen LogP contribution is 2.25. The molecule has 26 heavy (non-hydrogen) atoms. The largest absolute Gasteiger partial charge is 0.357 e. The van der Waals surface area contributed by atoms with Gasteiger partial charge in [-0.1, -0.05) is 19.1 Å². The highest BCUT2D eigenvalue weighted by Gasteiger charge is 2.15. The fourth-order valence-corrected chi connectivity index (χ4v) is 3.93. The molecule has 0 bridgehead atoms. The van der Waals surface area contributed by atoms with Crippen LogP contribution in [0.4, 0.5) is 5.69 Å². The molecule has 1 aromatic rings. The minimum atomic E-state index is 0. The van der Waals surface area contributed by atoms with Crippen LogP contribution in [-0.4, -0.2) is 36.0 Å². The van der Waals surface area contributed by atoms with Crippen molar-refractivity contribution in [1.29, 1.82) is 0 Å². The van der Waals surface area contributed by atoms with Crippen LogP contribution in [0.5, 0.6) is 0 Å². The van der Waals surface area contributed by atoms with Gasteiger partial charge in [-0.3, -0.25) is 4.79 Å². The molecule has 1 aliphatic rings. The fourth-order valence-electron chi connectivity index (χ4n) is 2.73. The molecule has 7 heteroatoms. The van der Waals surface area contributed by atoms with E-state index in [0.717, 1.165) is 36.7 Å². The minimum absolute atomic E-state index is 0. The van der Waals surface area contributed by atoms with Crippen LogP contribution in [0, 0.1) is 0 Å². The van der Waals surface area contributed by atoms with Crippen molar-refractivity contribution in [2.24, 2.45) is 4.99 Å². The molecule has 1 heterocycles. The molecule has 0 saturated carbocycles. The van der Waals surface area contributed by atoms with Crippen molar-refractivity contribution in [3.05, 3.63) is 29.8 Å². The number of nitrogens with zero attached hydrogens (tertiary/aromatic N) is 1. The number of anilines is 1. The van der Waals surface area contributed by atoms with Gasteiger partial charge in [-0.05, 0) is 49.6 Å². The summed E-state index contributed by atoms with van der Waals surface area (Å²) in [6, 6.07) is 7.91. The Kier molecular flexibility index (Phi) is 11.8. The molecule has 0 radical (unpaired) electrons. The lowest BCUT2D eigenvalue weighted by molar-refractivity contribution is -0.116. The number of amides is 1. The quantitative estimate of drug-likeness (QED) is 0.293. The Morgan fingerprint density at radius 3 is 2.85 bits per heavy atom. The maximum absolute atomic E-state index is 11.7. The molecule has 0 aliphatic carbocycles. The average molecular weight is 490 g/mol. The summed E-state index contributed by atoms with van der Waals surface area (Å²) in [5.41, 5.74) is 1.92. The van der Waals surface area contributed by atoms with Crippen LogP contribution in [-0.2, 0) is 11.3 Å². The standard InChI is InChI=1S/C19H30N4OS.HI/c1-3-7-18(24)23-16-9-5-8-15(12-16)13-21-19(20-4-2)22-14-17-10-6-11-25-17;/h5,8-9,12,17H,3-4,6-7,10-11,13-14H2,1-2H3,(H,23,24)(H2,20,21,22);1H. The van der Waals surface area contributed by atoms with Crippen LogP contribution in [0.15, 0.2) is 29.3 Å². The number of carbonyl (C=O) groups is 1.